The van der Waals surface area contributed by atoms with Crippen LogP contribution >= 0.6 is 0 Å². The van der Waals surface area contributed by atoms with Crippen LogP contribution in [0.3, 0.4) is 0 Å². The normalized spacial score (nSPS) is 22.9. The summed E-state index contributed by atoms with van der Waals surface area (Å²) in [6, 6.07) is 6.44. The number of ketones is 1. The molecule has 0 saturated carbocycles. The molecule has 0 bridgehead atoms. The number of aliphatic hydroxyl groups is 1. The van der Waals surface area contributed by atoms with Gasteiger partial charge in [0.15, 0.2) is 0 Å². The van der Waals surface area contributed by atoms with Gasteiger partial charge < -0.3 is 35.4 Å². The van der Waals surface area contributed by atoms with Crippen LogP contribution in [0.1, 0.15) is 129 Å². The monoisotopic (exact) mass is 832 g/mol. The van der Waals surface area contributed by atoms with Gasteiger partial charge in [-0.05, 0) is 128 Å². The number of nitrogens with zero attached hydrogens (tertiary/aromatic N) is 3. The molecule has 4 rings (SSSR count). The molecule has 3 radical (unpaired) electrons. The Hall–Kier alpha value is -2.37. The van der Waals surface area contributed by atoms with Crippen molar-refractivity contribution in [3.05, 3.63) is 29.8 Å². The molecule has 319 valence electrons. The fourth-order valence-corrected chi connectivity index (χ4v) is 7.20. The van der Waals surface area contributed by atoms with Crippen LogP contribution in [0, 0.1) is 6.92 Å². The van der Waals surface area contributed by atoms with E-state index in [4.69, 9.17) is 18.4 Å². The number of likely N-dealkylation sites (tertiary alicyclic amines) is 3. The number of carbonyl (C=O) groups is 4. The third kappa shape index (κ3) is 20.0. The Morgan fingerprint density at radius 2 is 1.11 bits per heavy atom. The van der Waals surface area contributed by atoms with Gasteiger partial charge in [-0.15, -0.1) is 0 Å². The average Bonchev–Trinajstić information content (AvgIpc) is 2.99. The van der Waals surface area contributed by atoms with E-state index in [0.717, 1.165) is 5.56 Å². The number of hydrogen-bond acceptors (Lipinski definition) is 11. The van der Waals surface area contributed by atoms with Crippen molar-refractivity contribution >= 4 is 42.6 Å². The number of rotatable bonds is 3. The summed E-state index contributed by atoms with van der Waals surface area (Å²) in [5.41, 5.74) is -0.498. The van der Waals surface area contributed by atoms with Crippen LogP contribution < -0.4 is 29.6 Å². The summed E-state index contributed by atoms with van der Waals surface area (Å²) in [6.45, 7) is 25.6. The van der Waals surface area contributed by atoms with Gasteiger partial charge in [-0.3, -0.25) is 8.98 Å². The molecule has 14 nitrogen and oxygen atoms in total. The Morgan fingerprint density at radius 3 is 1.49 bits per heavy atom. The summed E-state index contributed by atoms with van der Waals surface area (Å²) in [7, 11) is -3.80. The molecule has 3 saturated heterocycles. The van der Waals surface area contributed by atoms with Gasteiger partial charge in [-0.2, -0.15) is 8.42 Å². The molecular formula is C40H68BN3NaO11S. The summed E-state index contributed by atoms with van der Waals surface area (Å²) in [6.07, 6.45) is 1.38. The zero-order valence-corrected chi connectivity index (χ0v) is 39.7. The zero-order chi connectivity index (χ0) is 42.1. The Bertz CT molecular complexity index is 1570. The minimum absolute atomic E-state index is 0. The maximum atomic E-state index is 12.4. The largest absolute Gasteiger partial charge is 1.00 e. The minimum Gasteiger partial charge on any atom is -1.00 e. The number of Topliss-reactive ketones (excluding diaryl/α,β-unsaturated/α-hetero) is 1. The first-order valence-electron chi connectivity index (χ1n) is 19.3. The molecule has 0 aromatic heterocycles. The third-order valence-electron chi connectivity index (χ3n) is 8.82. The molecule has 17 heteroatoms. The van der Waals surface area contributed by atoms with Crippen molar-refractivity contribution < 1.29 is 82.1 Å². The minimum atomic E-state index is -3.80. The van der Waals surface area contributed by atoms with Crippen LogP contribution in [0.2, 0.25) is 0 Å². The fraction of sp³-hybridized carbons (Fsp3) is 0.750. The van der Waals surface area contributed by atoms with Gasteiger partial charge in [0, 0.05) is 59.0 Å². The predicted molar refractivity (Wildman–Crippen MR) is 216 cm³/mol. The van der Waals surface area contributed by atoms with Gasteiger partial charge in [-0.1, -0.05) is 17.7 Å². The molecule has 3 aliphatic rings. The standard InChI is InChI=1S/C18H27NO5S.C11H21NO3.C11H19NO3.B.Na.H/c1-13-6-8-16(9-7-13)25(21,22)24-15-10-11-19(14(2)12-15)17(20)23-18(3,4)5;2*1-8-7-9(13)5-6-12(8)10(14)15-11(2,3)4;;;/h6-9,14-15H,10-12H2,1-5H3;8-9,13H,5-7H2,1-4H3;8H,5-7H2,1-4H3;;;/q;;;;+1;-1/t14-,15?;8-,9?;8-;;;/m000.../s1. The van der Waals surface area contributed by atoms with Crippen molar-refractivity contribution in [1.82, 2.24) is 14.7 Å². The van der Waals surface area contributed by atoms with E-state index in [1.54, 1.807) is 39.0 Å². The number of ether oxygens (including phenoxy) is 3. The van der Waals surface area contributed by atoms with Crippen LogP contribution in [0.15, 0.2) is 29.2 Å². The van der Waals surface area contributed by atoms with Crippen molar-refractivity contribution in [1.29, 1.82) is 0 Å². The van der Waals surface area contributed by atoms with Crippen molar-refractivity contribution in [2.24, 2.45) is 0 Å². The van der Waals surface area contributed by atoms with E-state index in [1.807, 2.05) is 90.0 Å². The molecule has 0 spiro atoms. The smallest absolute Gasteiger partial charge is 1.00 e. The number of amides is 3. The second kappa shape index (κ2) is 22.9. The molecular weight excluding hydrogens is 764 g/mol. The number of carbonyl (C=O) groups excluding carboxylic acids is 4. The van der Waals surface area contributed by atoms with Gasteiger partial charge in [-0.25, -0.2) is 14.4 Å². The van der Waals surface area contributed by atoms with E-state index in [1.165, 1.54) is 0 Å². The van der Waals surface area contributed by atoms with Gasteiger partial charge in [0.05, 0.1) is 17.1 Å². The van der Waals surface area contributed by atoms with E-state index in [2.05, 4.69) is 0 Å². The van der Waals surface area contributed by atoms with Crippen LogP contribution in [0.25, 0.3) is 0 Å². The summed E-state index contributed by atoms with van der Waals surface area (Å²) >= 11 is 0. The summed E-state index contributed by atoms with van der Waals surface area (Å²) < 4.78 is 46.1. The number of aliphatic hydroxyl groups excluding tert-OH is 1. The molecule has 3 heterocycles. The SMILES string of the molecule is C[C@H]1CC(=O)CCN1C(=O)OC(C)(C)C.C[C@H]1CC(O)CCN1C(=O)OC(C)(C)C.Cc1ccc(S(=O)(=O)OC2CCN(C(=O)OC(C)(C)C)[C@@H](C)C2)cc1.[B].[H-].[Na+]. The molecule has 0 aliphatic carbocycles. The predicted octanol–water partition coefficient (Wildman–Crippen LogP) is 3.97. The first-order chi connectivity index (χ1) is 25.1. The van der Waals surface area contributed by atoms with Gasteiger partial charge in [0.1, 0.15) is 22.6 Å². The Labute approximate surface area is 367 Å². The molecule has 3 aliphatic heterocycles. The molecule has 1 N–H and O–H groups in total. The first kappa shape index (κ1) is 54.6. The van der Waals surface area contributed by atoms with Gasteiger partial charge in [0.25, 0.3) is 10.1 Å². The summed E-state index contributed by atoms with van der Waals surface area (Å²) in [5, 5.41) is 9.43. The second-order valence-corrected chi connectivity index (χ2v) is 19.3. The van der Waals surface area contributed by atoms with E-state index in [9.17, 15) is 32.7 Å². The maximum absolute atomic E-state index is 12.4. The van der Waals surface area contributed by atoms with Crippen molar-refractivity contribution in [2.75, 3.05) is 19.6 Å². The van der Waals surface area contributed by atoms with Crippen molar-refractivity contribution in [3.63, 3.8) is 0 Å². The van der Waals surface area contributed by atoms with Gasteiger partial charge >= 0.3 is 47.8 Å². The zero-order valence-electron chi connectivity index (χ0n) is 37.9. The average molecular weight is 833 g/mol. The van der Waals surface area contributed by atoms with Gasteiger partial charge in [0.2, 0.25) is 0 Å². The summed E-state index contributed by atoms with van der Waals surface area (Å²) in [5.74, 6) is 0.224. The number of piperidine rings is 3. The molecule has 2 unspecified atom stereocenters. The molecule has 57 heavy (non-hydrogen) atoms. The molecule has 1 aromatic carbocycles. The van der Waals surface area contributed by atoms with Crippen molar-refractivity contribution in [2.45, 2.75) is 181 Å². The van der Waals surface area contributed by atoms with Crippen LogP contribution in [0.4, 0.5) is 14.4 Å². The topological polar surface area (TPSA) is 169 Å². The molecule has 3 amide bonds. The van der Waals surface area contributed by atoms with Crippen LogP contribution in [-0.4, -0.2) is 127 Å². The van der Waals surface area contributed by atoms with Crippen molar-refractivity contribution in [3.8, 4) is 0 Å². The maximum Gasteiger partial charge on any atom is 1.00 e. The second-order valence-electron chi connectivity index (χ2n) is 17.7. The molecule has 3 fully saturated rings. The fourth-order valence-electron chi connectivity index (χ4n) is 6.09. The van der Waals surface area contributed by atoms with E-state index in [-0.39, 0.29) is 92.6 Å². The van der Waals surface area contributed by atoms with E-state index >= 15 is 0 Å². The van der Waals surface area contributed by atoms with Crippen LogP contribution in [0.5, 0.6) is 0 Å². The number of benzene rings is 1. The quantitative estimate of drug-likeness (QED) is 0.266. The Balaban J connectivity index is 0. The molecule has 5 atom stereocenters. The molecule has 1 aromatic rings. The van der Waals surface area contributed by atoms with E-state index < -0.39 is 33.0 Å². The Kier molecular flexibility index (Phi) is 21.9. The summed E-state index contributed by atoms with van der Waals surface area (Å²) in [4.78, 5) is 51.9. The third-order valence-corrected chi connectivity index (χ3v) is 10.2. The van der Waals surface area contributed by atoms with Crippen LogP contribution in [-0.2, 0) is 33.3 Å². The van der Waals surface area contributed by atoms with E-state index in [0.29, 0.717) is 58.2 Å². The Morgan fingerprint density at radius 1 is 0.702 bits per heavy atom. The number of hydrogen-bond donors (Lipinski definition) is 1. The first-order valence-corrected chi connectivity index (χ1v) is 20.7. The number of aryl methyl sites for hydroxylation is 1.